The standard InChI is InChI=1S/C19H19ClN6O4/c20-14-9-12(10-15-18(14)29-8-7-28-15)11-30-19(27)13-3-5-25(6-4-13)17-2-1-16-21-23-24-26(16)22-17/h1-2,9-10,13H,3-8,11H2. The van der Waals surface area contributed by atoms with E-state index in [1.165, 1.54) is 4.63 Å². The van der Waals surface area contributed by atoms with Gasteiger partial charge in [0.15, 0.2) is 23.0 Å². The minimum Gasteiger partial charge on any atom is -0.486 e. The lowest BCUT2D eigenvalue weighted by atomic mass is 9.97. The van der Waals surface area contributed by atoms with Gasteiger partial charge < -0.3 is 19.1 Å². The van der Waals surface area contributed by atoms with Crippen molar-refractivity contribution in [3.05, 3.63) is 34.9 Å². The van der Waals surface area contributed by atoms with E-state index < -0.39 is 0 Å². The molecule has 1 aromatic carbocycles. The highest BCUT2D eigenvalue weighted by Gasteiger charge is 2.27. The minimum absolute atomic E-state index is 0.146. The van der Waals surface area contributed by atoms with Crippen molar-refractivity contribution in [1.29, 1.82) is 0 Å². The topological polar surface area (TPSA) is 104 Å². The molecule has 1 saturated heterocycles. The average molecular weight is 431 g/mol. The highest BCUT2D eigenvalue weighted by Crippen LogP contribution is 2.38. The average Bonchev–Trinajstić information content (AvgIpc) is 3.25. The summed E-state index contributed by atoms with van der Waals surface area (Å²) in [5.74, 6) is 1.56. The second-order valence-corrected chi connectivity index (χ2v) is 7.60. The Morgan fingerprint density at radius 3 is 2.90 bits per heavy atom. The van der Waals surface area contributed by atoms with E-state index in [4.69, 9.17) is 25.8 Å². The predicted octanol–water partition coefficient (Wildman–Crippen LogP) is 1.90. The van der Waals surface area contributed by atoms with Gasteiger partial charge in [-0.15, -0.1) is 14.8 Å². The number of benzene rings is 1. The quantitative estimate of drug-likeness (QED) is 0.574. The number of halogens is 1. The van der Waals surface area contributed by atoms with E-state index in [-0.39, 0.29) is 18.5 Å². The summed E-state index contributed by atoms with van der Waals surface area (Å²) in [7, 11) is 0. The number of aromatic nitrogens is 5. The first-order valence-electron chi connectivity index (χ1n) is 9.72. The summed E-state index contributed by atoms with van der Waals surface area (Å²) in [6, 6.07) is 7.25. The van der Waals surface area contributed by atoms with Crippen LogP contribution in [0.2, 0.25) is 5.02 Å². The molecule has 30 heavy (non-hydrogen) atoms. The second kappa shape index (κ2) is 7.94. The molecule has 0 unspecified atom stereocenters. The lowest BCUT2D eigenvalue weighted by Gasteiger charge is -2.31. The smallest absolute Gasteiger partial charge is 0.309 e. The maximum atomic E-state index is 12.6. The first-order valence-corrected chi connectivity index (χ1v) is 10.1. The zero-order valence-corrected chi connectivity index (χ0v) is 16.8. The molecule has 0 aliphatic carbocycles. The fourth-order valence-electron chi connectivity index (χ4n) is 3.67. The lowest BCUT2D eigenvalue weighted by Crippen LogP contribution is -2.37. The number of hydrogen-bond donors (Lipinski definition) is 0. The van der Waals surface area contributed by atoms with Gasteiger partial charge in [-0.25, -0.2) is 0 Å². The van der Waals surface area contributed by atoms with Gasteiger partial charge in [-0.2, -0.15) is 0 Å². The molecule has 11 heteroatoms. The van der Waals surface area contributed by atoms with Gasteiger partial charge in [0.25, 0.3) is 0 Å². The van der Waals surface area contributed by atoms with Crippen molar-refractivity contribution in [3.8, 4) is 11.5 Å². The van der Waals surface area contributed by atoms with Gasteiger partial charge >= 0.3 is 5.97 Å². The molecule has 0 atom stereocenters. The summed E-state index contributed by atoms with van der Waals surface area (Å²) < 4.78 is 18.0. The largest absolute Gasteiger partial charge is 0.486 e. The number of tetrazole rings is 1. The fourth-order valence-corrected chi connectivity index (χ4v) is 3.96. The van der Waals surface area contributed by atoms with Crippen LogP contribution in [0.1, 0.15) is 18.4 Å². The number of rotatable bonds is 4. The van der Waals surface area contributed by atoms with E-state index in [2.05, 4.69) is 25.5 Å². The van der Waals surface area contributed by atoms with Crippen molar-refractivity contribution in [2.75, 3.05) is 31.2 Å². The van der Waals surface area contributed by atoms with Gasteiger partial charge in [-0.05, 0) is 53.1 Å². The van der Waals surface area contributed by atoms with Crippen LogP contribution in [-0.2, 0) is 16.1 Å². The van der Waals surface area contributed by atoms with Crippen LogP contribution in [0, 0.1) is 5.92 Å². The van der Waals surface area contributed by atoms with Gasteiger partial charge in [0.1, 0.15) is 19.8 Å². The zero-order valence-electron chi connectivity index (χ0n) is 16.0. The third-order valence-corrected chi connectivity index (χ3v) is 5.53. The maximum absolute atomic E-state index is 12.6. The number of hydrogen-bond acceptors (Lipinski definition) is 9. The molecule has 0 bridgehead atoms. The Kier molecular flexibility index (Phi) is 4.99. The molecule has 10 nitrogen and oxygen atoms in total. The summed E-state index contributed by atoms with van der Waals surface area (Å²) in [5, 5.41) is 16.1. The van der Waals surface area contributed by atoms with Crippen LogP contribution in [-0.4, -0.2) is 57.5 Å². The highest BCUT2D eigenvalue weighted by molar-refractivity contribution is 6.32. The van der Waals surface area contributed by atoms with Crippen molar-refractivity contribution >= 4 is 29.0 Å². The van der Waals surface area contributed by atoms with Gasteiger partial charge in [0, 0.05) is 13.1 Å². The van der Waals surface area contributed by atoms with Gasteiger partial charge in [0.05, 0.1) is 10.9 Å². The molecule has 0 amide bonds. The molecule has 2 aliphatic heterocycles. The minimum atomic E-state index is -0.204. The van der Waals surface area contributed by atoms with Crippen molar-refractivity contribution in [2.24, 2.45) is 5.92 Å². The Bertz CT molecular complexity index is 1080. The highest BCUT2D eigenvalue weighted by atomic mass is 35.5. The predicted molar refractivity (Wildman–Crippen MR) is 106 cm³/mol. The monoisotopic (exact) mass is 430 g/mol. The van der Waals surface area contributed by atoms with Gasteiger partial charge in [0.2, 0.25) is 0 Å². The molecule has 2 aromatic heterocycles. The Hall–Kier alpha value is -3.14. The van der Waals surface area contributed by atoms with Crippen molar-refractivity contribution in [3.63, 3.8) is 0 Å². The third-order valence-electron chi connectivity index (χ3n) is 5.25. The van der Waals surface area contributed by atoms with Crippen molar-refractivity contribution < 1.29 is 19.0 Å². The third kappa shape index (κ3) is 3.70. The number of carbonyl (C=O) groups is 1. The van der Waals surface area contributed by atoms with Crippen LogP contribution in [0.5, 0.6) is 11.5 Å². The molecule has 0 N–H and O–H groups in total. The molecular formula is C19H19ClN6O4. The molecule has 4 heterocycles. The van der Waals surface area contributed by atoms with Crippen LogP contribution in [0.3, 0.4) is 0 Å². The number of ether oxygens (including phenoxy) is 3. The molecule has 1 fully saturated rings. The number of piperidine rings is 1. The van der Waals surface area contributed by atoms with Crippen LogP contribution in [0.4, 0.5) is 5.82 Å². The number of nitrogens with zero attached hydrogens (tertiary/aromatic N) is 6. The molecule has 3 aromatic rings. The lowest BCUT2D eigenvalue weighted by molar-refractivity contribution is -0.150. The second-order valence-electron chi connectivity index (χ2n) is 7.19. The molecule has 0 spiro atoms. The molecule has 2 aliphatic rings. The van der Waals surface area contributed by atoms with Crippen LogP contribution < -0.4 is 14.4 Å². The Labute approximate surface area is 176 Å². The van der Waals surface area contributed by atoms with Crippen LogP contribution >= 0.6 is 11.6 Å². The maximum Gasteiger partial charge on any atom is 0.309 e. The van der Waals surface area contributed by atoms with E-state index in [0.717, 1.165) is 11.4 Å². The van der Waals surface area contributed by atoms with Gasteiger partial charge in [-0.1, -0.05) is 11.6 Å². The SMILES string of the molecule is O=C(OCc1cc(Cl)c2c(c1)OCCO2)C1CCN(c2ccc3nnnn3n2)CC1. The van der Waals surface area contributed by atoms with E-state index in [1.54, 1.807) is 12.1 Å². The number of anilines is 1. The first-order chi connectivity index (χ1) is 14.7. The van der Waals surface area contributed by atoms with Gasteiger partial charge in [-0.3, -0.25) is 4.79 Å². The Morgan fingerprint density at radius 1 is 1.20 bits per heavy atom. The summed E-state index contributed by atoms with van der Waals surface area (Å²) >= 11 is 6.24. The van der Waals surface area contributed by atoms with Crippen molar-refractivity contribution in [2.45, 2.75) is 19.4 Å². The Morgan fingerprint density at radius 2 is 2.03 bits per heavy atom. The molecule has 5 rings (SSSR count). The number of fused-ring (bicyclic) bond motifs is 2. The first kappa shape index (κ1) is 18.9. The molecule has 156 valence electrons. The normalized spacial score (nSPS) is 16.6. The van der Waals surface area contributed by atoms with E-state index in [9.17, 15) is 4.79 Å². The summed E-state index contributed by atoms with van der Waals surface area (Å²) in [5.41, 5.74) is 1.37. The van der Waals surface area contributed by atoms with Crippen LogP contribution in [0.25, 0.3) is 5.65 Å². The van der Waals surface area contributed by atoms with Crippen LogP contribution in [0.15, 0.2) is 24.3 Å². The molecule has 0 saturated carbocycles. The summed E-state index contributed by atoms with van der Waals surface area (Å²) in [4.78, 5) is 14.7. The Balaban J connectivity index is 1.17. The zero-order chi connectivity index (χ0) is 20.5. The van der Waals surface area contributed by atoms with E-state index in [0.29, 0.717) is 61.3 Å². The number of carbonyl (C=O) groups excluding carboxylic acids is 1. The summed E-state index contributed by atoms with van der Waals surface area (Å²) in [6.45, 7) is 2.50. The summed E-state index contributed by atoms with van der Waals surface area (Å²) in [6.07, 6.45) is 1.38. The number of esters is 1. The van der Waals surface area contributed by atoms with E-state index in [1.807, 2.05) is 12.1 Å². The van der Waals surface area contributed by atoms with Crippen molar-refractivity contribution in [1.82, 2.24) is 25.3 Å². The molecule has 0 radical (unpaired) electrons. The fraction of sp³-hybridized carbons (Fsp3) is 0.421. The van der Waals surface area contributed by atoms with E-state index >= 15 is 0 Å². The molecular weight excluding hydrogens is 412 g/mol.